The summed E-state index contributed by atoms with van der Waals surface area (Å²) >= 11 is 2.15. The molecule has 1 amide bonds. The summed E-state index contributed by atoms with van der Waals surface area (Å²) in [6.45, 7) is 4.14. The molecule has 3 atom stereocenters. The Labute approximate surface area is 202 Å². The van der Waals surface area contributed by atoms with E-state index in [2.05, 4.69) is 53.8 Å². The van der Waals surface area contributed by atoms with Crippen LogP contribution in [0.4, 0.5) is 14.5 Å². The molecule has 5 heteroatoms. The highest BCUT2D eigenvalue weighted by atomic mass is 127. The first kappa shape index (κ1) is 24.4. The van der Waals surface area contributed by atoms with Crippen LogP contribution in [-0.2, 0) is 4.79 Å². The Bertz CT molecular complexity index is 1020. The van der Waals surface area contributed by atoms with Gasteiger partial charge < -0.3 is 4.90 Å². The van der Waals surface area contributed by atoms with Crippen molar-refractivity contribution >= 4 is 34.2 Å². The van der Waals surface area contributed by atoms with Crippen molar-refractivity contribution in [3.63, 3.8) is 0 Å². The molecule has 1 aliphatic rings. The van der Waals surface area contributed by atoms with Gasteiger partial charge in [0.25, 0.3) is 0 Å². The van der Waals surface area contributed by atoms with E-state index < -0.39 is 0 Å². The van der Waals surface area contributed by atoms with Gasteiger partial charge in [0.15, 0.2) is 0 Å². The molecule has 0 saturated carbocycles. The molecule has 0 unspecified atom stereocenters. The number of β-lactam (4-membered cyclic amide) rings is 1. The van der Waals surface area contributed by atoms with Gasteiger partial charge in [0.05, 0.1) is 12.0 Å². The van der Waals surface area contributed by atoms with Gasteiger partial charge in [-0.2, -0.15) is 0 Å². The molecule has 168 valence electrons. The molecular formula is C27H28F2INO. The van der Waals surface area contributed by atoms with Crippen molar-refractivity contribution in [1.82, 2.24) is 0 Å². The summed E-state index contributed by atoms with van der Waals surface area (Å²) in [6.07, 6.45) is 1.58. The van der Waals surface area contributed by atoms with E-state index in [1.807, 2.05) is 24.0 Å². The van der Waals surface area contributed by atoms with Gasteiger partial charge in [-0.3, -0.25) is 4.79 Å². The normalized spacial score (nSPS) is 18.4. The van der Waals surface area contributed by atoms with Crippen LogP contribution >= 0.6 is 22.6 Å². The van der Waals surface area contributed by atoms with Crippen molar-refractivity contribution in [1.29, 1.82) is 0 Å². The van der Waals surface area contributed by atoms with Crippen LogP contribution in [-0.4, -0.2) is 10.8 Å². The highest BCUT2D eigenvalue weighted by Gasteiger charge is 2.48. The first-order valence-electron chi connectivity index (χ1n) is 10.7. The highest BCUT2D eigenvalue weighted by Crippen LogP contribution is 2.46. The van der Waals surface area contributed by atoms with Crippen LogP contribution in [0.25, 0.3) is 0 Å². The van der Waals surface area contributed by atoms with Crippen molar-refractivity contribution in [3.05, 3.63) is 101 Å². The van der Waals surface area contributed by atoms with Crippen molar-refractivity contribution in [2.75, 3.05) is 9.83 Å². The summed E-state index contributed by atoms with van der Waals surface area (Å²) in [4.78, 5) is 16.8. The molecule has 3 aromatic rings. The molecule has 4 rings (SSSR count). The molecule has 2 nitrogen and oxygen atoms in total. The quantitative estimate of drug-likeness (QED) is 0.177. The van der Waals surface area contributed by atoms with E-state index >= 15 is 0 Å². The van der Waals surface area contributed by atoms with Gasteiger partial charge in [-0.1, -0.05) is 71.5 Å². The van der Waals surface area contributed by atoms with Crippen molar-refractivity contribution in [3.8, 4) is 0 Å². The van der Waals surface area contributed by atoms with Crippen molar-refractivity contribution < 1.29 is 13.6 Å². The van der Waals surface area contributed by atoms with Crippen LogP contribution < -0.4 is 4.90 Å². The van der Waals surface area contributed by atoms with Gasteiger partial charge in [-0.25, -0.2) is 8.78 Å². The number of rotatable bonds is 6. The van der Waals surface area contributed by atoms with Crippen LogP contribution in [0.2, 0.25) is 0 Å². The molecule has 0 spiro atoms. The molecular weight excluding hydrogens is 519 g/mol. The number of carbonyl (C=O) groups is 1. The second kappa shape index (κ2) is 11.0. The smallest absolute Gasteiger partial charge is 0.233 e. The molecule has 1 heterocycles. The number of alkyl halides is 1. The first-order valence-corrected chi connectivity index (χ1v) is 12.9. The predicted molar refractivity (Wildman–Crippen MR) is 135 cm³/mol. The third kappa shape index (κ3) is 5.37. The molecule has 3 aromatic carbocycles. The molecule has 1 aliphatic heterocycles. The lowest BCUT2D eigenvalue weighted by molar-refractivity contribution is -0.130. The summed E-state index contributed by atoms with van der Waals surface area (Å²) in [7, 11) is 0. The molecule has 1 fully saturated rings. The molecule has 0 bridgehead atoms. The highest BCUT2D eigenvalue weighted by molar-refractivity contribution is 14.1. The summed E-state index contributed by atoms with van der Waals surface area (Å²) in [5.74, 6) is -0.381. The second-order valence-corrected chi connectivity index (χ2v) is 8.18. The van der Waals surface area contributed by atoms with E-state index in [0.717, 1.165) is 29.7 Å². The van der Waals surface area contributed by atoms with Crippen LogP contribution in [0.1, 0.15) is 48.4 Å². The number of amides is 1. The average Bonchev–Trinajstić information content (AvgIpc) is 2.81. The minimum absolute atomic E-state index is 0.0658. The zero-order valence-corrected chi connectivity index (χ0v) is 20.7. The van der Waals surface area contributed by atoms with E-state index in [0.29, 0.717) is 0 Å². The van der Waals surface area contributed by atoms with E-state index in [9.17, 15) is 13.6 Å². The predicted octanol–water partition coefficient (Wildman–Crippen LogP) is 7.61. The third-order valence-electron chi connectivity index (χ3n) is 6.09. The van der Waals surface area contributed by atoms with E-state index in [4.69, 9.17) is 0 Å². The average molecular weight is 547 g/mol. The number of anilines is 1. The molecule has 0 N–H and O–H groups in total. The lowest BCUT2D eigenvalue weighted by Crippen LogP contribution is -2.55. The Hall–Kier alpha value is -2.28. The lowest BCUT2D eigenvalue weighted by atomic mass is 9.77. The van der Waals surface area contributed by atoms with Crippen molar-refractivity contribution in [2.24, 2.45) is 5.92 Å². The van der Waals surface area contributed by atoms with E-state index in [1.165, 1.54) is 29.8 Å². The van der Waals surface area contributed by atoms with Crippen LogP contribution in [0, 0.1) is 24.5 Å². The number of halogens is 3. The maximum Gasteiger partial charge on any atom is 0.233 e. The fourth-order valence-corrected chi connectivity index (χ4v) is 4.25. The molecule has 32 heavy (non-hydrogen) atoms. The Morgan fingerprint density at radius 2 is 1.41 bits per heavy atom. The van der Waals surface area contributed by atoms with Crippen molar-refractivity contribution in [2.45, 2.75) is 38.6 Å². The molecule has 0 aromatic heterocycles. The van der Waals surface area contributed by atoms with Crippen LogP contribution in [0.3, 0.4) is 0 Å². The van der Waals surface area contributed by atoms with E-state index in [-0.39, 0.29) is 35.4 Å². The molecule has 1 saturated heterocycles. The topological polar surface area (TPSA) is 20.3 Å². The third-order valence-corrected chi connectivity index (χ3v) is 6.09. The van der Waals surface area contributed by atoms with Crippen LogP contribution in [0.5, 0.6) is 0 Å². The Kier molecular flexibility index (Phi) is 8.40. The zero-order valence-electron chi connectivity index (χ0n) is 18.6. The number of benzene rings is 3. The Morgan fingerprint density at radius 1 is 0.875 bits per heavy atom. The number of aryl methyl sites for hydroxylation is 1. The summed E-state index contributed by atoms with van der Waals surface area (Å²) in [5.41, 5.74) is 4.04. The zero-order chi connectivity index (χ0) is 23.3. The number of carbonyl (C=O) groups excluding carboxylic acids is 1. The minimum Gasteiger partial charge on any atom is -0.304 e. The van der Waals surface area contributed by atoms with Gasteiger partial charge in [-0.05, 0) is 78.1 Å². The summed E-state index contributed by atoms with van der Waals surface area (Å²) in [5, 5.41) is 0. The minimum atomic E-state index is -0.316. The largest absolute Gasteiger partial charge is 0.304 e. The number of hydrogen-bond donors (Lipinski definition) is 0. The second-order valence-electron chi connectivity index (χ2n) is 8.18. The lowest BCUT2D eigenvalue weighted by Gasteiger charge is -2.48. The summed E-state index contributed by atoms with van der Waals surface area (Å²) in [6, 6.07) is 20.9. The Balaban J connectivity index is 0.00000141. The standard InChI is InChI=1S/C26H25F2NO.CH3I/c1-17-3-6-20(7-4-17)25-24(16-5-18(2)19-8-10-21(27)11-9-19)26(30)29(25)23-14-12-22(28)13-15-23;1-2/h3-4,6-15,18,24-25H,5,16H2,1-2H3;1H3/t18-,24+,25+;/m0./s1. The fraction of sp³-hybridized carbons (Fsp3) is 0.296. The van der Waals surface area contributed by atoms with Gasteiger partial charge >= 0.3 is 0 Å². The molecule has 0 radical (unpaired) electrons. The molecule has 0 aliphatic carbocycles. The van der Waals surface area contributed by atoms with Gasteiger partial charge in [0.1, 0.15) is 11.6 Å². The number of nitrogens with zero attached hydrogens (tertiary/aromatic N) is 1. The van der Waals surface area contributed by atoms with Gasteiger partial charge in [0.2, 0.25) is 5.91 Å². The van der Waals surface area contributed by atoms with Crippen LogP contribution in [0.15, 0.2) is 72.8 Å². The van der Waals surface area contributed by atoms with Gasteiger partial charge in [-0.15, -0.1) is 0 Å². The maximum atomic E-state index is 13.4. The monoisotopic (exact) mass is 547 g/mol. The SMILES string of the molecule is CI.Cc1ccc([C@@H]2[C@@H](CC[C@H](C)c3ccc(F)cc3)C(=O)N2c2ccc(F)cc2)cc1. The Morgan fingerprint density at radius 3 is 1.97 bits per heavy atom. The fourth-order valence-electron chi connectivity index (χ4n) is 4.25. The number of hydrogen-bond acceptors (Lipinski definition) is 1. The van der Waals surface area contributed by atoms with E-state index in [1.54, 1.807) is 17.0 Å². The summed E-state index contributed by atoms with van der Waals surface area (Å²) < 4.78 is 26.6. The van der Waals surface area contributed by atoms with Gasteiger partial charge in [0, 0.05) is 5.69 Å². The first-order chi connectivity index (χ1) is 15.4. The maximum absolute atomic E-state index is 13.4.